The van der Waals surface area contributed by atoms with Crippen LogP contribution < -0.4 is 5.32 Å². The van der Waals surface area contributed by atoms with Gasteiger partial charge in [-0.05, 0) is 30.3 Å². The van der Waals surface area contributed by atoms with Crippen LogP contribution in [0.1, 0.15) is 10.4 Å². The Kier molecular flexibility index (Phi) is 5.40. The highest BCUT2D eigenvalue weighted by Gasteiger charge is 2.13. The van der Waals surface area contributed by atoms with Gasteiger partial charge in [-0.15, -0.1) is 5.10 Å². The molecule has 2 aromatic heterocycles. The minimum atomic E-state index is -0.0630. The second kappa shape index (κ2) is 8.30. The maximum Gasteiger partial charge on any atom is 0.320 e. The van der Waals surface area contributed by atoms with E-state index in [0.29, 0.717) is 22.0 Å². The quantitative estimate of drug-likeness (QED) is 0.514. The molecule has 0 saturated carbocycles. The third-order valence-corrected chi connectivity index (χ3v) is 4.42. The van der Waals surface area contributed by atoms with Crippen molar-refractivity contribution < 1.29 is 9.21 Å². The monoisotopic (exact) mass is 420 g/mol. The molecule has 0 atom stereocenters. The van der Waals surface area contributed by atoms with Gasteiger partial charge in [-0.3, -0.25) is 9.78 Å². The maximum atomic E-state index is 12.0. The van der Waals surface area contributed by atoms with Crippen molar-refractivity contribution in [2.24, 2.45) is 0 Å². The van der Waals surface area contributed by atoms with Gasteiger partial charge in [0, 0.05) is 35.9 Å². The molecule has 1 N–H and O–H groups in total. The normalized spacial score (nSPS) is 10.6. The zero-order valence-corrected chi connectivity index (χ0v) is 17.0. The fourth-order valence-corrected chi connectivity index (χ4v) is 2.91. The molecule has 4 rings (SSSR count). The number of aromatic nitrogens is 4. The van der Waals surface area contributed by atoms with Crippen molar-refractivity contribution >= 4 is 29.2 Å². The van der Waals surface area contributed by atoms with Crippen LogP contribution in [0.25, 0.3) is 22.8 Å². The van der Waals surface area contributed by atoms with Crippen LogP contribution in [-0.2, 0) is 0 Å². The summed E-state index contributed by atoms with van der Waals surface area (Å²) in [7, 11) is 3.43. The second-order valence-corrected chi connectivity index (χ2v) is 7.05. The minimum absolute atomic E-state index is 0.0630. The Bertz CT molecular complexity index is 1190. The highest BCUT2D eigenvalue weighted by molar-refractivity contribution is 6.30. The van der Waals surface area contributed by atoms with Gasteiger partial charge in [0.1, 0.15) is 5.69 Å². The molecule has 8 nitrogen and oxygen atoms in total. The maximum absolute atomic E-state index is 12.0. The molecule has 0 radical (unpaired) electrons. The molecule has 4 aromatic rings. The summed E-state index contributed by atoms with van der Waals surface area (Å²) < 4.78 is 5.65. The Morgan fingerprint density at radius 3 is 2.53 bits per heavy atom. The molecule has 0 unspecified atom stereocenters. The van der Waals surface area contributed by atoms with Crippen molar-refractivity contribution in [3.8, 4) is 22.8 Å². The molecule has 0 spiro atoms. The molecule has 2 aromatic carbocycles. The molecular weight excluding hydrogens is 404 g/mol. The Labute approximate surface area is 177 Å². The number of hydrogen-bond acceptors (Lipinski definition) is 7. The van der Waals surface area contributed by atoms with E-state index in [0.717, 1.165) is 11.3 Å². The number of benzene rings is 2. The molecule has 30 heavy (non-hydrogen) atoms. The van der Waals surface area contributed by atoms with Gasteiger partial charge in [-0.2, -0.15) is 0 Å². The van der Waals surface area contributed by atoms with E-state index in [4.69, 9.17) is 16.0 Å². The number of amides is 1. The molecule has 150 valence electrons. The third kappa shape index (κ3) is 4.28. The predicted octanol–water partition coefficient (Wildman–Crippen LogP) is 4.29. The van der Waals surface area contributed by atoms with Gasteiger partial charge in [0.2, 0.25) is 0 Å². The Morgan fingerprint density at radius 1 is 1.03 bits per heavy atom. The summed E-state index contributed by atoms with van der Waals surface area (Å²) in [6.07, 6.45) is 3.18. The molecule has 2 heterocycles. The first kappa shape index (κ1) is 19.5. The van der Waals surface area contributed by atoms with Gasteiger partial charge in [0.05, 0.1) is 18.1 Å². The van der Waals surface area contributed by atoms with Crippen molar-refractivity contribution in [1.29, 1.82) is 0 Å². The van der Waals surface area contributed by atoms with E-state index in [1.54, 1.807) is 50.8 Å². The second-order valence-electron chi connectivity index (χ2n) is 6.61. The molecular formula is C21H17ClN6O2. The lowest BCUT2D eigenvalue weighted by Gasteiger charge is -2.10. The largest absolute Gasteiger partial charge is 0.401 e. The van der Waals surface area contributed by atoms with E-state index >= 15 is 0 Å². The summed E-state index contributed by atoms with van der Waals surface area (Å²) in [6.45, 7) is 0. The number of nitrogens with zero attached hydrogens (tertiary/aromatic N) is 5. The first-order chi connectivity index (χ1) is 14.5. The van der Waals surface area contributed by atoms with Crippen LogP contribution in [0.3, 0.4) is 0 Å². The van der Waals surface area contributed by atoms with E-state index in [9.17, 15) is 4.79 Å². The number of hydrogen-bond donors (Lipinski definition) is 1. The van der Waals surface area contributed by atoms with Gasteiger partial charge < -0.3 is 14.6 Å². The lowest BCUT2D eigenvalue weighted by atomic mass is 10.1. The van der Waals surface area contributed by atoms with E-state index in [2.05, 4.69) is 25.5 Å². The molecule has 0 aliphatic carbocycles. The summed E-state index contributed by atoms with van der Waals surface area (Å²) in [4.78, 5) is 22.3. The van der Waals surface area contributed by atoms with E-state index in [-0.39, 0.29) is 17.8 Å². The van der Waals surface area contributed by atoms with Gasteiger partial charge in [-0.25, -0.2) is 4.98 Å². The van der Waals surface area contributed by atoms with Gasteiger partial charge in [-0.1, -0.05) is 34.9 Å². The third-order valence-electron chi connectivity index (χ3n) is 4.19. The number of carbonyl (C=O) groups is 1. The standard InChI is InChI=1S/C21H17ClN6O2/c1-28(2)20(29)14-8-6-13(7-9-14)17-11-23-12-18(25-17)19-26-27-21(30-19)24-16-5-3-4-15(22)10-16/h3-12H,1-2H3,(H,24,27). The summed E-state index contributed by atoms with van der Waals surface area (Å²) in [6, 6.07) is 14.5. The van der Waals surface area contributed by atoms with Crippen LogP contribution in [-0.4, -0.2) is 45.1 Å². The van der Waals surface area contributed by atoms with Crippen LogP contribution in [0.5, 0.6) is 0 Å². The van der Waals surface area contributed by atoms with E-state index in [1.165, 1.54) is 4.90 Å². The number of carbonyl (C=O) groups excluding carboxylic acids is 1. The van der Waals surface area contributed by atoms with Crippen molar-refractivity contribution in [3.05, 3.63) is 71.5 Å². The lowest BCUT2D eigenvalue weighted by Crippen LogP contribution is -2.21. The predicted molar refractivity (Wildman–Crippen MR) is 114 cm³/mol. The zero-order chi connectivity index (χ0) is 21.1. The van der Waals surface area contributed by atoms with E-state index in [1.807, 2.05) is 24.3 Å². The Morgan fingerprint density at radius 2 is 1.80 bits per heavy atom. The fraction of sp³-hybridized carbons (Fsp3) is 0.0952. The van der Waals surface area contributed by atoms with Crippen LogP contribution in [0.15, 0.2) is 65.3 Å². The van der Waals surface area contributed by atoms with Crippen molar-refractivity contribution in [2.75, 3.05) is 19.4 Å². The van der Waals surface area contributed by atoms with Crippen LogP contribution in [0.2, 0.25) is 5.02 Å². The van der Waals surface area contributed by atoms with Gasteiger partial charge in [0.15, 0.2) is 0 Å². The molecule has 9 heteroatoms. The molecule has 1 amide bonds. The smallest absolute Gasteiger partial charge is 0.320 e. The SMILES string of the molecule is CN(C)C(=O)c1ccc(-c2cncc(-c3nnc(Nc4cccc(Cl)c4)o3)n2)cc1. The Hall–Kier alpha value is -3.78. The highest BCUT2D eigenvalue weighted by Crippen LogP contribution is 2.24. The zero-order valence-electron chi connectivity index (χ0n) is 16.2. The molecule has 0 aliphatic rings. The Balaban J connectivity index is 1.55. The topological polar surface area (TPSA) is 97.0 Å². The van der Waals surface area contributed by atoms with Crippen molar-refractivity contribution in [2.45, 2.75) is 0 Å². The number of halogens is 1. The fourth-order valence-electron chi connectivity index (χ4n) is 2.72. The number of rotatable bonds is 5. The van der Waals surface area contributed by atoms with Crippen molar-refractivity contribution in [3.63, 3.8) is 0 Å². The first-order valence-corrected chi connectivity index (χ1v) is 9.38. The van der Waals surface area contributed by atoms with Crippen LogP contribution >= 0.6 is 11.6 Å². The number of anilines is 2. The molecule has 0 aliphatic heterocycles. The van der Waals surface area contributed by atoms with Gasteiger partial charge in [0.25, 0.3) is 11.8 Å². The van der Waals surface area contributed by atoms with Crippen molar-refractivity contribution in [1.82, 2.24) is 25.1 Å². The summed E-state index contributed by atoms with van der Waals surface area (Å²) in [5.74, 6) is 0.167. The first-order valence-electron chi connectivity index (χ1n) is 9.00. The highest BCUT2D eigenvalue weighted by atomic mass is 35.5. The summed E-state index contributed by atoms with van der Waals surface area (Å²) in [5, 5.41) is 11.6. The van der Waals surface area contributed by atoms with Crippen LogP contribution in [0.4, 0.5) is 11.7 Å². The summed E-state index contributed by atoms with van der Waals surface area (Å²) in [5.41, 5.74) is 3.20. The van der Waals surface area contributed by atoms with Crippen LogP contribution in [0, 0.1) is 0 Å². The molecule has 0 fully saturated rings. The molecule has 0 saturated heterocycles. The summed E-state index contributed by atoms with van der Waals surface area (Å²) >= 11 is 5.98. The average molecular weight is 421 g/mol. The van der Waals surface area contributed by atoms with E-state index < -0.39 is 0 Å². The number of nitrogens with one attached hydrogen (secondary N) is 1. The minimum Gasteiger partial charge on any atom is -0.401 e. The molecule has 0 bridgehead atoms. The lowest BCUT2D eigenvalue weighted by molar-refractivity contribution is 0.0827. The average Bonchev–Trinajstić information content (AvgIpc) is 3.22. The van der Waals surface area contributed by atoms with Gasteiger partial charge >= 0.3 is 6.01 Å².